The summed E-state index contributed by atoms with van der Waals surface area (Å²) in [4.78, 5) is 19.7. The van der Waals surface area contributed by atoms with E-state index in [2.05, 4.69) is 17.2 Å². The molecule has 1 aliphatic heterocycles. The summed E-state index contributed by atoms with van der Waals surface area (Å²) in [5.74, 6) is 0.688. The van der Waals surface area contributed by atoms with Crippen LogP contribution in [0.3, 0.4) is 0 Å². The Hall–Kier alpha value is -1.24. The molecule has 0 amide bonds. The molecule has 1 fully saturated rings. The third-order valence-electron chi connectivity index (χ3n) is 5.28. The van der Waals surface area contributed by atoms with Crippen molar-refractivity contribution in [3.05, 3.63) is 27.1 Å². The molecule has 124 valence electrons. The average Bonchev–Trinajstić information content (AvgIpc) is 2.89. The Labute approximate surface area is 139 Å². The number of hydrogen-bond acceptors (Lipinski definition) is 5. The smallest absolute Gasteiger partial charge is 0.262 e. The number of thiophene rings is 1. The van der Waals surface area contributed by atoms with Crippen LogP contribution >= 0.6 is 11.3 Å². The van der Waals surface area contributed by atoms with Gasteiger partial charge in [-0.15, -0.1) is 11.3 Å². The molecule has 2 aliphatic rings. The molecule has 0 aromatic carbocycles. The third kappa shape index (κ3) is 2.73. The zero-order valence-electron chi connectivity index (χ0n) is 13.5. The number of aryl methyl sites for hydroxylation is 1. The van der Waals surface area contributed by atoms with Crippen molar-refractivity contribution >= 4 is 21.6 Å². The number of hydrogen-bond donors (Lipinski definition) is 2. The Morgan fingerprint density at radius 3 is 3.04 bits per heavy atom. The first-order valence-corrected chi connectivity index (χ1v) is 9.30. The van der Waals surface area contributed by atoms with Gasteiger partial charge in [0.2, 0.25) is 0 Å². The van der Waals surface area contributed by atoms with E-state index in [1.165, 1.54) is 10.4 Å². The van der Waals surface area contributed by atoms with E-state index < -0.39 is 5.60 Å². The van der Waals surface area contributed by atoms with Crippen LogP contribution in [0.1, 0.15) is 36.6 Å². The second-order valence-electron chi connectivity index (χ2n) is 7.18. The molecule has 6 heteroatoms. The molecule has 0 bridgehead atoms. The quantitative estimate of drug-likeness (QED) is 0.878. The normalized spacial score (nSPS) is 23.8. The van der Waals surface area contributed by atoms with Gasteiger partial charge >= 0.3 is 0 Å². The van der Waals surface area contributed by atoms with Gasteiger partial charge in [-0.3, -0.25) is 9.36 Å². The third-order valence-corrected chi connectivity index (χ3v) is 6.44. The number of fused-ring (bicyclic) bond motifs is 3. The maximum atomic E-state index is 13.0. The first kappa shape index (κ1) is 15.3. The highest BCUT2D eigenvalue weighted by molar-refractivity contribution is 7.18. The van der Waals surface area contributed by atoms with Gasteiger partial charge in [0.05, 0.1) is 23.9 Å². The number of rotatable bonds is 2. The lowest BCUT2D eigenvalue weighted by molar-refractivity contribution is -0.00627. The predicted octanol–water partition coefficient (Wildman–Crippen LogP) is 1.70. The molecule has 0 unspecified atom stereocenters. The van der Waals surface area contributed by atoms with Crippen LogP contribution in [-0.2, 0) is 19.4 Å². The highest BCUT2D eigenvalue weighted by atomic mass is 32.1. The number of nitrogens with zero attached hydrogens (tertiary/aromatic N) is 2. The van der Waals surface area contributed by atoms with Crippen molar-refractivity contribution in [1.82, 2.24) is 14.9 Å². The van der Waals surface area contributed by atoms with Crippen LogP contribution in [0.4, 0.5) is 0 Å². The summed E-state index contributed by atoms with van der Waals surface area (Å²) in [6, 6.07) is 0. The Kier molecular flexibility index (Phi) is 3.78. The average molecular weight is 333 g/mol. The molecule has 2 aromatic heterocycles. The van der Waals surface area contributed by atoms with Crippen LogP contribution in [0.15, 0.2) is 11.1 Å². The van der Waals surface area contributed by atoms with E-state index in [1.54, 1.807) is 22.2 Å². The molecule has 0 saturated carbocycles. The van der Waals surface area contributed by atoms with Gasteiger partial charge in [-0.1, -0.05) is 6.92 Å². The van der Waals surface area contributed by atoms with Crippen LogP contribution in [0, 0.1) is 5.92 Å². The monoisotopic (exact) mass is 333 g/mol. The van der Waals surface area contributed by atoms with Crippen molar-refractivity contribution in [2.75, 3.05) is 13.1 Å². The second kappa shape index (κ2) is 5.69. The summed E-state index contributed by atoms with van der Waals surface area (Å²) in [7, 11) is 0. The molecule has 1 aliphatic carbocycles. The van der Waals surface area contributed by atoms with Gasteiger partial charge in [0.25, 0.3) is 5.56 Å². The summed E-state index contributed by atoms with van der Waals surface area (Å²) in [6.07, 6.45) is 6.16. The van der Waals surface area contributed by atoms with Crippen molar-refractivity contribution in [2.24, 2.45) is 5.92 Å². The number of aromatic nitrogens is 2. The van der Waals surface area contributed by atoms with Crippen molar-refractivity contribution < 1.29 is 5.11 Å². The minimum absolute atomic E-state index is 0.0222. The first-order valence-electron chi connectivity index (χ1n) is 8.48. The van der Waals surface area contributed by atoms with E-state index in [0.717, 1.165) is 42.6 Å². The second-order valence-corrected chi connectivity index (χ2v) is 8.27. The van der Waals surface area contributed by atoms with E-state index in [-0.39, 0.29) is 5.56 Å². The molecule has 23 heavy (non-hydrogen) atoms. The van der Waals surface area contributed by atoms with Crippen LogP contribution in [-0.4, -0.2) is 33.3 Å². The molecule has 3 heterocycles. The minimum atomic E-state index is -0.797. The number of aliphatic hydroxyl groups is 1. The molecule has 2 aromatic rings. The van der Waals surface area contributed by atoms with Crippen LogP contribution in [0.2, 0.25) is 0 Å². The molecule has 5 nitrogen and oxygen atoms in total. The molecular weight excluding hydrogens is 310 g/mol. The Balaban J connectivity index is 1.74. The van der Waals surface area contributed by atoms with Gasteiger partial charge in [0, 0.05) is 4.88 Å². The Bertz CT molecular complexity index is 789. The van der Waals surface area contributed by atoms with E-state index in [0.29, 0.717) is 25.3 Å². The Morgan fingerprint density at radius 1 is 1.48 bits per heavy atom. The maximum Gasteiger partial charge on any atom is 0.262 e. The van der Waals surface area contributed by atoms with E-state index in [9.17, 15) is 9.90 Å². The van der Waals surface area contributed by atoms with Crippen molar-refractivity contribution in [3.63, 3.8) is 0 Å². The Morgan fingerprint density at radius 2 is 2.26 bits per heavy atom. The fourth-order valence-corrected chi connectivity index (χ4v) is 5.19. The largest absolute Gasteiger partial charge is 0.388 e. The molecule has 1 saturated heterocycles. The van der Waals surface area contributed by atoms with Gasteiger partial charge in [0.1, 0.15) is 4.83 Å². The summed E-state index contributed by atoms with van der Waals surface area (Å²) in [5, 5.41) is 14.8. The van der Waals surface area contributed by atoms with Gasteiger partial charge in [-0.05, 0) is 56.7 Å². The summed E-state index contributed by atoms with van der Waals surface area (Å²) in [5.41, 5.74) is 0.441. The lowest BCUT2D eigenvalue weighted by atomic mass is 9.89. The standard InChI is InChI=1S/C17H23N3O2S/c1-11-2-3-12-13(8-11)23-15-14(12)16(21)20(10-19-15)9-17(22)4-6-18-7-5-17/h10-11,18,22H,2-9H2,1H3/t11-/m1/s1. The highest BCUT2D eigenvalue weighted by Gasteiger charge is 2.31. The minimum Gasteiger partial charge on any atom is -0.388 e. The topological polar surface area (TPSA) is 67.2 Å². The summed E-state index contributed by atoms with van der Waals surface area (Å²) < 4.78 is 1.62. The lowest BCUT2D eigenvalue weighted by Crippen LogP contribution is -2.46. The highest BCUT2D eigenvalue weighted by Crippen LogP contribution is 2.35. The zero-order valence-corrected chi connectivity index (χ0v) is 14.3. The molecule has 4 rings (SSSR count). The van der Waals surface area contributed by atoms with Crippen molar-refractivity contribution in [3.8, 4) is 0 Å². The molecule has 1 atom stereocenters. The first-order chi connectivity index (χ1) is 11.1. The number of piperidine rings is 1. The fourth-order valence-electron chi connectivity index (χ4n) is 3.85. The van der Waals surface area contributed by atoms with Crippen LogP contribution in [0.5, 0.6) is 0 Å². The summed E-state index contributed by atoms with van der Waals surface area (Å²) >= 11 is 1.67. The van der Waals surface area contributed by atoms with Gasteiger partial charge < -0.3 is 10.4 Å². The zero-order chi connectivity index (χ0) is 16.0. The lowest BCUT2D eigenvalue weighted by Gasteiger charge is -2.32. The number of nitrogens with one attached hydrogen (secondary N) is 1. The van der Waals surface area contributed by atoms with E-state index in [4.69, 9.17) is 0 Å². The van der Waals surface area contributed by atoms with Crippen LogP contribution < -0.4 is 10.9 Å². The predicted molar refractivity (Wildman–Crippen MR) is 92.1 cm³/mol. The molecule has 0 radical (unpaired) electrons. The fraction of sp³-hybridized carbons (Fsp3) is 0.647. The van der Waals surface area contributed by atoms with Gasteiger partial charge in [-0.2, -0.15) is 0 Å². The van der Waals surface area contributed by atoms with E-state index in [1.807, 2.05) is 0 Å². The summed E-state index contributed by atoms with van der Waals surface area (Å²) in [6.45, 7) is 4.21. The molecule has 2 N–H and O–H groups in total. The van der Waals surface area contributed by atoms with Crippen molar-refractivity contribution in [1.29, 1.82) is 0 Å². The molecular formula is C17H23N3O2S. The van der Waals surface area contributed by atoms with Crippen molar-refractivity contribution in [2.45, 2.75) is 51.2 Å². The van der Waals surface area contributed by atoms with Crippen LogP contribution in [0.25, 0.3) is 10.2 Å². The molecule has 0 spiro atoms. The van der Waals surface area contributed by atoms with E-state index >= 15 is 0 Å². The van der Waals surface area contributed by atoms with Gasteiger partial charge in [-0.25, -0.2) is 4.98 Å². The SMILES string of the molecule is C[C@@H]1CCc2c(sc3ncn(CC4(O)CCNCC4)c(=O)c23)C1. The maximum absolute atomic E-state index is 13.0. The van der Waals surface area contributed by atoms with Gasteiger partial charge in [0.15, 0.2) is 0 Å².